The van der Waals surface area contributed by atoms with Crippen LogP contribution in [0.3, 0.4) is 0 Å². The molecule has 0 atom stereocenters. The first kappa shape index (κ1) is 21.0. The van der Waals surface area contributed by atoms with Gasteiger partial charge in [-0.3, -0.25) is 9.10 Å². The Kier molecular flexibility index (Phi) is 5.26. The summed E-state index contributed by atoms with van der Waals surface area (Å²) in [4.78, 5) is 13.0. The van der Waals surface area contributed by atoms with Gasteiger partial charge in [-0.2, -0.15) is 0 Å². The van der Waals surface area contributed by atoms with E-state index in [4.69, 9.17) is 4.74 Å². The molecule has 4 aromatic rings. The molecule has 0 radical (unpaired) electrons. The van der Waals surface area contributed by atoms with Crippen molar-refractivity contribution in [2.45, 2.75) is 11.3 Å². The highest BCUT2D eigenvalue weighted by molar-refractivity contribution is 7.92. The number of rotatable bonds is 5. The van der Waals surface area contributed by atoms with Gasteiger partial charge >= 0.3 is 0 Å². The van der Waals surface area contributed by atoms with Crippen LogP contribution in [0, 0.1) is 0 Å². The highest BCUT2D eigenvalue weighted by Crippen LogP contribution is 2.33. The molecule has 4 aromatic carbocycles. The van der Waals surface area contributed by atoms with Crippen molar-refractivity contribution >= 4 is 38.1 Å². The Morgan fingerprint density at radius 3 is 2.33 bits per heavy atom. The van der Waals surface area contributed by atoms with Gasteiger partial charge in [0.2, 0.25) is 0 Å². The van der Waals surface area contributed by atoms with Gasteiger partial charge in [0, 0.05) is 28.6 Å². The summed E-state index contributed by atoms with van der Waals surface area (Å²) < 4.78 is 33.2. The second-order valence-electron chi connectivity index (χ2n) is 7.80. The molecule has 0 saturated heterocycles. The lowest BCUT2D eigenvalue weighted by molar-refractivity contribution is 0.102. The van der Waals surface area contributed by atoms with E-state index in [9.17, 15) is 13.2 Å². The summed E-state index contributed by atoms with van der Waals surface area (Å²) in [5.74, 6) is 0.405. The van der Waals surface area contributed by atoms with Crippen molar-refractivity contribution in [1.82, 2.24) is 0 Å². The molecule has 1 aliphatic heterocycles. The SMILES string of the molecule is COc1ccc(NC(=O)c2ccc(S(=O)(=O)N3CCc4ccccc43)cc2)c2ccccc12. The number of amides is 1. The maximum Gasteiger partial charge on any atom is 0.264 e. The molecule has 5 rings (SSSR count). The Bertz CT molecular complexity index is 1460. The fourth-order valence-corrected chi connectivity index (χ4v) is 5.72. The lowest BCUT2D eigenvalue weighted by Gasteiger charge is -2.19. The van der Waals surface area contributed by atoms with Crippen molar-refractivity contribution in [2.75, 3.05) is 23.3 Å². The number of nitrogens with one attached hydrogen (secondary N) is 1. The molecule has 1 aliphatic rings. The Morgan fingerprint density at radius 2 is 1.58 bits per heavy atom. The molecule has 1 heterocycles. The number of methoxy groups -OCH3 is 1. The maximum atomic E-state index is 13.2. The van der Waals surface area contributed by atoms with E-state index in [2.05, 4.69) is 5.32 Å². The van der Waals surface area contributed by atoms with Gasteiger partial charge in [-0.25, -0.2) is 8.42 Å². The number of carbonyl (C=O) groups is 1. The van der Waals surface area contributed by atoms with Gasteiger partial charge in [-0.15, -0.1) is 0 Å². The third kappa shape index (κ3) is 3.70. The van der Waals surface area contributed by atoms with Crippen LogP contribution in [0.25, 0.3) is 10.8 Å². The van der Waals surface area contributed by atoms with Crippen molar-refractivity contribution in [3.63, 3.8) is 0 Å². The summed E-state index contributed by atoms with van der Waals surface area (Å²) in [6.45, 7) is 0.411. The number of ether oxygens (including phenoxy) is 1. The zero-order valence-electron chi connectivity index (χ0n) is 18.0. The lowest BCUT2D eigenvalue weighted by Crippen LogP contribution is -2.29. The number of hydrogen-bond acceptors (Lipinski definition) is 4. The fourth-order valence-electron chi connectivity index (χ4n) is 4.22. The molecular weight excluding hydrogens is 436 g/mol. The lowest BCUT2D eigenvalue weighted by atomic mass is 10.1. The predicted octanol–water partition coefficient (Wildman–Crippen LogP) is 4.85. The monoisotopic (exact) mass is 458 g/mol. The van der Waals surface area contributed by atoms with Crippen LogP contribution in [0.5, 0.6) is 5.75 Å². The van der Waals surface area contributed by atoms with Crippen molar-refractivity contribution in [3.05, 3.63) is 96.1 Å². The molecular formula is C26H22N2O4S. The predicted molar refractivity (Wildman–Crippen MR) is 130 cm³/mol. The summed E-state index contributed by atoms with van der Waals surface area (Å²) in [5, 5.41) is 4.68. The first-order valence-corrected chi connectivity index (χ1v) is 12.0. The van der Waals surface area contributed by atoms with Crippen molar-refractivity contribution in [2.24, 2.45) is 0 Å². The number of anilines is 2. The van der Waals surface area contributed by atoms with E-state index in [-0.39, 0.29) is 10.8 Å². The molecule has 7 heteroatoms. The minimum absolute atomic E-state index is 0.158. The van der Waals surface area contributed by atoms with Crippen molar-refractivity contribution < 1.29 is 17.9 Å². The first-order chi connectivity index (χ1) is 16.0. The van der Waals surface area contributed by atoms with Gasteiger partial charge in [-0.1, -0.05) is 42.5 Å². The van der Waals surface area contributed by atoms with E-state index >= 15 is 0 Å². The van der Waals surface area contributed by atoms with Crippen LogP contribution in [-0.2, 0) is 16.4 Å². The van der Waals surface area contributed by atoms with Crippen LogP contribution in [0.15, 0.2) is 89.8 Å². The van der Waals surface area contributed by atoms with Gasteiger partial charge in [0.05, 0.1) is 17.7 Å². The third-order valence-electron chi connectivity index (χ3n) is 5.90. The van der Waals surface area contributed by atoms with Crippen LogP contribution in [0.4, 0.5) is 11.4 Å². The van der Waals surface area contributed by atoms with Crippen LogP contribution < -0.4 is 14.4 Å². The number of benzene rings is 4. The summed E-state index contributed by atoms with van der Waals surface area (Å²) >= 11 is 0. The van der Waals surface area contributed by atoms with Gasteiger partial charge < -0.3 is 10.1 Å². The molecule has 1 N–H and O–H groups in total. The molecule has 0 bridgehead atoms. The minimum atomic E-state index is -3.70. The summed E-state index contributed by atoms with van der Waals surface area (Å²) in [7, 11) is -2.09. The van der Waals surface area contributed by atoms with E-state index in [1.54, 1.807) is 13.2 Å². The average Bonchev–Trinajstić information content (AvgIpc) is 3.29. The van der Waals surface area contributed by atoms with Gasteiger partial charge in [-0.05, 0) is 54.4 Å². The third-order valence-corrected chi connectivity index (χ3v) is 7.73. The number of nitrogens with zero attached hydrogens (tertiary/aromatic N) is 1. The quantitative estimate of drug-likeness (QED) is 0.464. The molecule has 0 aromatic heterocycles. The maximum absolute atomic E-state index is 13.2. The summed E-state index contributed by atoms with van der Waals surface area (Å²) in [6.07, 6.45) is 0.686. The van der Waals surface area contributed by atoms with E-state index < -0.39 is 10.0 Å². The van der Waals surface area contributed by atoms with Crippen LogP contribution in [0.2, 0.25) is 0 Å². The number of para-hydroxylation sites is 1. The first-order valence-electron chi connectivity index (χ1n) is 10.6. The topological polar surface area (TPSA) is 75.7 Å². The second kappa shape index (κ2) is 8.26. The van der Waals surface area contributed by atoms with E-state index in [0.29, 0.717) is 29.9 Å². The minimum Gasteiger partial charge on any atom is -0.496 e. The number of sulfonamides is 1. The molecule has 1 amide bonds. The highest BCUT2D eigenvalue weighted by Gasteiger charge is 2.30. The smallest absolute Gasteiger partial charge is 0.264 e. The molecule has 0 fully saturated rings. The number of fused-ring (bicyclic) bond motifs is 2. The standard InChI is InChI=1S/C26H22N2O4S/c1-32-25-15-14-23(21-7-3-4-8-22(21)25)27-26(29)19-10-12-20(13-11-19)33(30,31)28-17-16-18-6-2-5-9-24(18)28/h2-15H,16-17H2,1H3,(H,27,29). The average molecular weight is 459 g/mol. The second-order valence-corrected chi connectivity index (χ2v) is 9.66. The summed E-state index contributed by atoms with van der Waals surface area (Å²) in [5.41, 5.74) is 2.76. The summed E-state index contributed by atoms with van der Waals surface area (Å²) in [6, 6.07) is 24.8. The van der Waals surface area contributed by atoms with Crippen LogP contribution >= 0.6 is 0 Å². The largest absolute Gasteiger partial charge is 0.496 e. The van der Waals surface area contributed by atoms with E-state index in [1.807, 2.05) is 54.6 Å². The molecule has 33 heavy (non-hydrogen) atoms. The van der Waals surface area contributed by atoms with E-state index in [0.717, 1.165) is 22.1 Å². The molecule has 0 aliphatic carbocycles. The molecule has 0 saturated carbocycles. The fraction of sp³-hybridized carbons (Fsp3) is 0.115. The Hall–Kier alpha value is -3.84. The van der Waals surface area contributed by atoms with Gasteiger partial charge in [0.15, 0.2) is 0 Å². The Labute approximate surface area is 192 Å². The van der Waals surface area contributed by atoms with Crippen molar-refractivity contribution in [3.8, 4) is 5.75 Å². The van der Waals surface area contributed by atoms with Crippen molar-refractivity contribution in [1.29, 1.82) is 0 Å². The zero-order chi connectivity index (χ0) is 23.0. The van der Waals surface area contributed by atoms with Gasteiger partial charge in [0.25, 0.3) is 15.9 Å². The highest BCUT2D eigenvalue weighted by atomic mass is 32.2. The molecule has 166 valence electrons. The molecule has 0 spiro atoms. The van der Waals surface area contributed by atoms with Crippen LogP contribution in [-0.4, -0.2) is 28.0 Å². The Morgan fingerprint density at radius 1 is 0.879 bits per heavy atom. The zero-order valence-corrected chi connectivity index (χ0v) is 18.8. The van der Waals surface area contributed by atoms with Gasteiger partial charge in [0.1, 0.15) is 5.75 Å². The Balaban J connectivity index is 1.39. The van der Waals surface area contributed by atoms with Crippen LogP contribution in [0.1, 0.15) is 15.9 Å². The van der Waals surface area contributed by atoms with E-state index in [1.165, 1.54) is 28.6 Å². The normalized spacial score (nSPS) is 13.1. The molecule has 0 unspecified atom stereocenters. The number of carbonyl (C=O) groups excluding carboxylic acids is 1. The number of hydrogen-bond donors (Lipinski definition) is 1. The molecule has 6 nitrogen and oxygen atoms in total.